The zero-order chi connectivity index (χ0) is 20.3. The van der Waals surface area contributed by atoms with Gasteiger partial charge in [0.2, 0.25) is 11.9 Å². The number of anilines is 1. The number of para-hydroxylation sites is 3. The first-order chi connectivity index (χ1) is 13.3. The summed E-state index contributed by atoms with van der Waals surface area (Å²) in [5.74, 6) is 1.80. The summed E-state index contributed by atoms with van der Waals surface area (Å²) < 4.78 is 12.8. The average molecular weight is 381 g/mol. The summed E-state index contributed by atoms with van der Waals surface area (Å²) in [4.78, 5) is 17.3. The molecule has 1 aromatic heterocycles. The first-order valence-electron chi connectivity index (χ1n) is 9.33. The predicted molar refractivity (Wildman–Crippen MR) is 111 cm³/mol. The van der Waals surface area contributed by atoms with E-state index in [2.05, 4.69) is 35.6 Å². The van der Waals surface area contributed by atoms with Gasteiger partial charge in [-0.1, -0.05) is 24.3 Å². The van der Waals surface area contributed by atoms with Crippen LogP contribution >= 0.6 is 0 Å². The van der Waals surface area contributed by atoms with Crippen molar-refractivity contribution in [1.82, 2.24) is 9.55 Å². The molecule has 1 N–H and O–H groups in total. The van der Waals surface area contributed by atoms with Crippen LogP contribution in [-0.2, 0) is 16.8 Å². The van der Waals surface area contributed by atoms with Crippen molar-refractivity contribution in [3.05, 3.63) is 48.0 Å². The third-order valence-corrected chi connectivity index (χ3v) is 4.59. The smallest absolute Gasteiger partial charge is 0.227 e. The number of aromatic nitrogens is 2. The number of fused-ring (bicyclic) bond motifs is 1. The minimum atomic E-state index is -0.214. The van der Waals surface area contributed by atoms with Crippen LogP contribution in [0.4, 0.5) is 5.95 Å². The minimum Gasteiger partial charge on any atom is -0.493 e. The summed E-state index contributed by atoms with van der Waals surface area (Å²) in [5.41, 5.74) is 2.58. The Bertz CT molecular complexity index is 986. The SMILES string of the molecule is COc1cccc(CCC(=O)Nc2nc3ccccc3n2C(C)(C)C)c1OC. The Hall–Kier alpha value is -3.02. The first-order valence-corrected chi connectivity index (χ1v) is 9.33. The highest BCUT2D eigenvalue weighted by molar-refractivity contribution is 5.91. The van der Waals surface area contributed by atoms with E-state index in [1.165, 1.54) is 0 Å². The number of carbonyl (C=O) groups is 1. The van der Waals surface area contributed by atoms with Crippen LogP contribution in [0.5, 0.6) is 11.5 Å². The van der Waals surface area contributed by atoms with Crippen molar-refractivity contribution in [2.45, 2.75) is 39.2 Å². The number of hydrogen-bond acceptors (Lipinski definition) is 4. The van der Waals surface area contributed by atoms with Gasteiger partial charge in [0, 0.05) is 12.0 Å². The Labute approximate surface area is 165 Å². The van der Waals surface area contributed by atoms with Crippen LogP contribution in [0.15, 0.2) is 42.5 Å². The fraction of sp³-hybridized carbons (Fsp3) is 0.364. The van der Waals surface area contributed by atoms with Crippen LogP contribution in [0, 0.1) is 0 Å². The molecule has 0 saturated carbocycles. The van der Waals surface area contributed by atoms with Gasteiger partial charge in [0.15, 0.2) is 11.5 Å². The molecular weight excluding hydrogens is 354 g/mol. The molecule has 0 aliphatic carbocycles. The van der Waals surface area contributed by atoms with Crippen molar-refractivity contribution in [3.8, 4) is 11.5 Å². The molecule has 6 nitrogen and oxygen atoms in total. The largest absolute Gasteiger partial charge is 0.493 e. The summed E-state index contributed by atoms with van der Waals surface area (Å²) >= 11 is 0. The highest BCUT2D eigenvalue weighted by Crippen LogP contribution is 2.32. The summed E-state index contributed by atoms with van der Waals surface area (Å²) in [7, 11) is 3.21. The van der Waals surface area contributed by atoms with Crippen molar-refractivity contribution in [3.63, 3.8) is 0 Å². The van der Waals surface area contributed by atoms with Gasteiger partial charge < -0.3 is 14.0 Å². The highest BCUT2D eigenvalue weighted by atomic mass is 16.5. The maximum atomic E-state index is 12.7. The molecule has 28 heavy (non-hydrogen) atoms. The first kappa shape index (κ1) is 19.7. The van der Waals surface area contributed by atoms with Gasteiger partial charge in [-0.25, -0.2) is 4.98 Å². The van der Waals surface area contributed by atoms with Crippen LogP contribution in [0.3, 0.4) is 0 Å². The Morgan fingerprint density at radius 2 is 1.82 bits per heavy atom. The predicted octanol–water partition coefficient (Wildman–Crippen LogP) is 4.38. The quantitative estimate of drug-likeness (QED) is 0.688. The molecule has 0 radical (unpaired) electrons. The lowest BCUT2D eigenvalue weighted by Crippen LogP contribution is -2.26. The van der Waals surface area contributed by atoms with Gasteiger partial charge >= 0.3 is 0 Å². The van der Waals surface area contributed by atoms with E-state index < -0.39 is 0 Å². The molecule has 0 aliphatic rings. The highest BCUT2D eigenvalue weighted by Gasteiger charge is 2.22. The Morgan fingerprint density at radius 3 is 2.50 bits per heavy atom. The lowest BCUT2D eigenvalue weighted by Gasteiger charge is -2.24. The molecule has 0 bridgehead atoms. The van der Waals surface area contributed by atoms with Gasteiger partial charge in [-0.3, -0.25) is 10.1 Å². The minimum absolute atomic E-state index is 0.0920. The van der Waals surface area contributed by atoms with E-state index in [9.17, 15) is 4.79 Å². The number of benzene rings is 2. The summed E-state index contributed by atoms with van der Waals surface area (Å²) in [6.45, 7) is 6.29. The Balaban J connectivity index is 1.80. The third kappa shape index (κ3) is 3.96. The molecule has 3 aromatic rings. The van der Waals surface area contributed by atoms with Gasteiger partial charge in [0.1, 0.15) is 0 Å². The van der Waals surface area contributed by atoms with E-state index in [4.69, 9.17) is 9.47 Å². The second-order valence-corrected chi connectivity index (χ2v) is 7.63. The van der Waals surface area contributed by atoms with Crippen molar-refractivity contribution in [2.75, 3.05) is 19.5 Å². The molecule has 3 rings (SSSR count). The second kappa shape index (κ2) is 7.92. The zero-order valence-corrected chi connectivity index (χ0v) is 17.1. The number of nitrogens with zero attached hydrogens (tertiary/aromatic N) is 2. The molecule has 148 valence electrons. The number of aryl methyl sites for hydroxylation is 1. The maximum absolute atomic E-state index is 12.7. The molecule has 1 heterocycles. The molecule has 2 aromatic carbocycles. The van der Waals surface area contributed by atoms with E-state index in [-0.39, 0.29) is 11.4 Å². The molecule has 1 amide bonds. The number of nitrogens with one attached hydrogen (secondary N) is 1. The van der Waals surface area contributed by atoms with Crippen LogP contribution in [0.1, 0.15) is 32.8 Å². The van der Waals surface area contributed by atoms with Crippen molar-refractivity contribution in [2.24, 2.45) is 0 Å². The van der Waals surface area contributed by atoms with Gasteiger partial charge in [0.05, 0.1) is 25.3 Å². The standard InChI is InChI=1S/C22H27N3O3/c1-22(2,3)25-17-11-7-6-10-16(17)23-21(25)24-19(26)14-13-15-9-8-12-18(27-4)20(15)28-5/h6-12H,13-14H2,1-5H3,(H,23,24,26). The van der Waals surface area contributed by atoms with E-state index in [1.807, 2.05) is 42.5 Å². The van der Waals surface area contributed by atoms with Crippen LogP contribution < -0.4 is 14.8 Å². The van der Waals surface area contributed by atoms with E-state index in [0.29, 0.717) is 30.3 Å². The fourth-order valence-corrected chi connectivity index (χ4v) is 3.37. The molecule has 0 aliphatic heterocycles. The number of hydrogen-bond donors (Lipinski definition) is 1. The summed E-state index contributed by atoms with van der Waals surface area (Å²) in [6.07, 6.45) is 0.860. The van der Waals surface area contributed by atoms with Crippen molar-refractivity contribution >= 4 is 22.9 Å². The van der Waals surface area contributed by atoms with Crippen LogP contribution in [0.25, 0.3) is 11.0 Å². The maximum Gasteiger partial charge on any atom is 0.227 e. The molecular formula is C22H27N3O3. The summed E-state index contributed by atoms with van der Waals surface area (Å²) in [6, 6.07) is 13.6. The molecule has 0 fully saturated rings. The Morgan fingerprint density at radius 1 is 1.07 bits per heavy atom. The molecule has 6 heteroatoms. The van der Waals surface area contributed by atoms with Crippen LogP contribution in [0.2, 0.25) is 0 Å². The number of ether oxygens (including phenoxy) is 2. The molecule has 0 atom stereocenters. The number of methoxy groups -OCH3 is 2. The summed E-state index contributed by atoms with van der Waals surface area (Å²) in [5, 5.41) is 2.98. The fourth-order valence-electron chi connectivity index (χ4n) is 3.37. The van der Waals surface area contributed by atoms with Gasteiger partial charge in [-0.2, -0.15) is 0 Å². The van der Waals surface area contributed by atoms with E-state index in [1.54, 1.807) is 14.2 Å². The van der Waals surface area contributed by atoms with Gasteiger partial charge in [0.25, 0.3) is 0 Å². The van der Waals surface area contributed by atoms with E-state index in [0.717, 1.165) is 16.6 Å². The number of rotatable bonds is 6. The average Bonchev–Trinajstić information content (AvgIpc) is 3.03. The molecule has 0 spiro atoms. The lowest BCUT2D eigenvalue weighted by atomic mass is 10.1. The molecule has 0 saturated heterocycles. The third-order valence-electron chi connectivity index (χ3n) is 4.59. The lowest BCUT2D eigenvalue weighted by molar-refractivity contribution is -0.116. The second-order valence-electron chi connectivity index (χ2n) is 7.63. The molecule has 0 unspecified atom stereocenters. The number of amides is 1. The van der Waals surface area contributed by atoms with Crippen molar-refractivity contribution in [1.29, 1.82) is 0 Å². The van der Waals surface area contributed by atoms with Gasteiger partial charge in [-0.05, 0) is 51.0 Å². The van der Waals surface area contributed by atoms with E-state index >= 15 is 0 Å². The Kier molecular flexibility index (Phi) is 5.58. The normalized spacial score (nSPS) is 11.5. The number of imidazole rings is 1. The van der Waals surface area contributed by atoms with Crippen LogP contribution in [-0.4, -0.2) is 29.7 Å². The topological polar surface area (TPSA) is 65.4 Å². The zero-order valence-electron chi connectivity index (χ0n) is 17.1. The van der Waals surface area contributed by atoms with Gasteiger partial charge in [-0.15, -0.1) is 0 Å². The van der Waals surface area contributed by atoms with Crippen molar-refractivity contribution < 1.29 is 14.3 Å². The number of carbonyl (C=O) groups excluding carboxylic acids is 1. The monoisotopic (exact) mass is 381 g/mol.